The van der Waals surface area contributed by atoms with E-state index in [0.717, 1.165) is 15.6 Å². The Morgan fingerprint density at radius 3 is 2.47 bits per heavy atom. The molecule has 0 spiro atoms. The molecule has 0 saturated heterocycles. The monoisotopic (exact) mass is 377 g/mol. The SMILES string of the molecule is NC(Cc1cccc(Cl)c1Cl)c1ccc(Cl)c(Br)c1. The van der Waals surface area contributed by atoms with Crippen LogP contribution in [0.5, 0.6) is 0 Å². The Kier molecular flexibility index (Phi) is 5.15. The first-order valence-corrected chi connectivity index (χ1v) is 7.55. The predicted octanol–water partition coefficient (Wildman–Crippen LogP) is 5.65. The van der Waals surface area contributed by atoms with Crippen molar-refractivity contribution in [2.75, 3.05) is 0 Å². The Hall–Kier alpha value is -0.250. The molecule has 0 aliphatic carbocycles. The maximum absolute atomic E-state index is 6.20. The minimum absolute atomic E-state index is 0.162. The van der Waals surface area contributed by atoms with Gasteiger partial charge in [-0.1, -0.05) is 53.0 Å². The summed E-state index contributed by atoms with van der Waals surface area (Å²) in [7, 11) is 0. The number of hydrogen-bond donors (Lipinski definition) is 1. The van der Waals surface area contributed by atoms with Crippen LogP contribution in [-0.2, 0) is 6.42 Å². The van der Waals surface area contributed by atoms with Crippen LogP contribution in [0.25, 0.3) is 0 Å². The molecule has 0 aliphatic heterocycles. The number of benzene rings is 2. The molecule has 0 saturated carbocycles. The largest absolute Gasteiger partial charge is 0.324 e. The third-order valence-corrected chi connectivity index (χ3v) is 4.92. The maximum Gasteiger partial charge on any atom is 0.0624 e. The van der Waals surface area contributed by atoms with Crippen LogP contribution in [0.3, 0.4) is 0 Å². The molecule has 0 aliphatic rings. The van der Waals surface area contributed by atoms with Crippen molar-refractivity contribution in [3.8, 4) is 0 Å². The Labute approximate surface area is 135 Å². The van der Waals surface area contributed by atoms with Crippen LogP contribution >= 0.6 is 50.7 Å². The lowest BCUT2D eigenvalue weighted by atomic mass is 10.00. The lowest BCUT2D eigenvalue weighted by Gasteiger charge is -2.14. The average Bonchev–Trinajstić information content (AvgIpc) is 2.38. The van der Waals surface area contributed by atoms with Gasteiger partial charge in [0.1, 0.15) is 0 Å². The molecule has 0 radical (unpaired) electrons. The Morgan fingerprint density at radius 1 is 1.05 bits per heavy atom. The van der Waals surface area contributed by atoms with Gasteiger partial charge in [0, 0.05) is 10.5 Å². The average molecular weight is 380 g/mol. The molecule has 1 unspecified atom stereocenters. The van der Waals surface area contributed by atoms with Gasteiger partial charge in [0.15, 0.2) is 0 Å². The minimum Gasteiger partial charge on any atom is -0.324 e. The molecule has 2 N–H and O–H groups in total. The number of nitrogens with two attached hydrogens (primary N) is 1. The van der Waals surface area contributed by atoms with Gasteiger partial charge in [0.2, 0.25) is 0 Å². The number of halogens is 4. The van der Waals surface area contributed by atoms with Gasteiger partial charge in [-0.05, 0) is 51.7 Å². The van der Waals surface area contributed by atoms with Crippen LogP contribution < -0.4 is 5.73 Å². The van der Waals surface area contributed by atoms with Gasteiger partial charge in [-0.25, -0.2) is 0 Å². The van der Waals surface area contributed by atoms with Crippen molar-refractivity contribution in [1.29, 1.82) is 0 Å². The summed E-state index contributed by atoms with van der Waals surface area (Å²) >= 11 is 21.5. The molecule has 0 aromatic heterocycles. The molecule has 0 bridgehead atoms. The van der Waals surface area contributed by atoms with Gasteiger partial charge in [-0.2, -0.15) is 0 Å². The van der Waals surface area contributed by atoms with E-state index in [0.29, 0.717) is 21.5 Å². The smallest absolute Gasteiger partial charge is 0.0624 e. The number of hydrogen-bond acceptors (Lipinski definition) is 1. The highest BCUT2D eigenvalue weighted by molar-refractivity contribution is 9.10. The summed E-state index contributed by atoms with van der Waals surface area (Å²) < 4.78 is 0.833. The zero-order chi connectivity index (χ0) is 14.0. The third kappa shape index (κ3) is 3.65. The van der Waals surface area contributed by atoms with Gasteiger partial charge in [0.25, 0.3) is 0 Å². The molecule has 100 valence electrons. The predicted molar refractivity (Wildman–Crippen MR) is 86.2 cm³/mol. The standard InChI is InChI=1S/C14H11BrCl3N/c15-10-6-8(4-5-11(10)16)13(19)7-9-2-1-3-12(17)14(9)18/h1-6,13H,7,19H2. The lowest BCUT2D eigenvalue weighted by Crippen LogP contribution is -2.13. The molecule has 2 aromatic carbocycles. The molecule has 0 amide bonds. The highest BCUT2D eigenvalue weighted by Crippen LogP contribution is 2.30. The van der Waals surface area contributed by atoms with Crippen molar-refractivity contribution < 1.29 is 0 Å². The molecule has 1 atom stereocenters. The molecule has 2 rings (SSSR count). The molecule has 0 heterocycles. The molecule has 5 heteroatoms. The minimum atomic E-state index is -0.162. The van der Waals surface area contributed by atoms with Crippen LogP contribution in [-0.4, -0.2) is 0 Å². The van der Waals surface area contributed by atoms with E-state index in [4.69, 9.17) is 40.5 Å². The summed E-state index contributed by atoms with van der Waals surface area (Å²) in [4.78, 5) is 0. The molecule has 1 nitrogen and oxygen atoms in total. The fraction of sp³-hybridized carbons (Fsp3) is 0.143. The maximum atomic E-state index is 6.20. The van der Waals surface area contributed by atoms with E-state index in [9.17, 15) is 0 Å². The summed E-state index contributed by atoms with van der Waals surface area (Å²) in [6, 6.07) is 11.1. The quantitative estimate of drug-likeness (QED) is 0.732. The second-order valence-corrected chi connectivity index (χ2v) is 6.24. The van der Waals surface area contributed by atoms with Gasteiger partial charge >= 0.3 is 0 Å². The third-order valence-electron chi connectivity index (χ3n) is 2.84. The second kappa shape index (κ2) is 6.47. The van der Waals surface area contributed by atoms with Crippen molar-refractivity contribution in [3.05, 3.63) is 67.1 Å². The summed E-state index contributed by atoms with van der Waals surface area (Å²) in [5.41, 5.74) is 8.13. The van der Waals surface area contributed by atoms with E-state index < -0.39 is 0 Å². The van der Waals surface area contributed by atoms with Gasteiger partial charge in [-0.3, -0.25) is 0 Å². The fourth-order valence-corrected chi connectivity index (χ4v) is 2.72. The zero-order valence-electron chi connectivity index (χ0n) is 9.84. The summed E-state index contributed by atoms with van der Waals surface area (Å²) in [5.74, 6) is 0. The lowest BCUT2D eigenvalue weighted by molar-refractivity contribution is 0.721. The highest BCUT2D eigenvalue weighted by Gasteiger charge is 2.12. The Balaban J connectivity index is 2.23. The molecular formula is C14H11BrCl3N. The Morgan fingerprint density at radius 2 is 1.79 bits per heavy atom. The summed E-state index contributed by atoms with van der Waals surface area (Å²) in [6.07, 6.45) is 0.619. The fourth-order valence-electron chi connectivity index (χ4n) is 1.80. The van der Waals surface area contributed by atoms with Crippen molar-refractivity contribution in [3.63, 3.8) is 0 Å². The first-order chi connectivity index (χ1) is 8.99. The Bertz CT molecular complexity index is 601. The molecular weight excluding hydrogens is 368 g/mol. The number of rotatable bonds is 3. The zero-order valence-corrected chi connectivity index (χ0v) is 13.7. The van der Waals surface area contributed by atoms with Crippen molar-refractivity contribution in [1.82, 2.24) is 0 Å². The molecule has 19 heavy (non-hydrogen) atoms. The summed E-state index contributed by atoms with van der Waals surface area (Å²) in [6.45, 7) is 0. The van der Waals surface area contributed by atoms with Crippen LogP contribution in [0.2, 0.25) is 15.1 Å². The van der Waals surface area contributed by atoms with Crippen LogP contribution in [0.4, 0.5) is 0 Å². The van der Waals surface area contributed by atoms with Crippen LogP contribution in [0.15, 0.2) is 40.9 Å². The van der Waals surface area contributed by atoms with E-state index in [-0.39, 0.29) is 6.04 Å². The normalized spacial score (nSPS) is 12.5. The topological polar surface area (TPSA) is 26.0 Å². The van der Waals surface area contributed by atoms with E-state index in [1.807, 2.05) is 30.3 Å². The molecule has 2 aromatic rings. The van der Waals surface area contributed by atoms with Gasteiger partial charge < -0.3 is 5.73 Å². The van der Waals surface area contributed by atoms with Crippen LogP contribution in [0.1, 0.15) is 17.2 Å². The first kappa shape index (κ1) is 15.1. The van der Waals surface area contributed by atoms with E-state index in [1.165, 1.54) is 0 Å². The second-order valence-electron chi connectivity index (χ2n) is 4.20. The van der Waals surface area contributed by atoms with E-state index in [2.05, 4.69) is 15.9 Å². The van der Waals surface area contributed by atoms with Crippen molar-refractivity contribution in [2.45, 2.75) is 12.5 Å². The van der Waals surface area contributed by atoms with Crippen LogP contribution in [0, 0.1) is 0 Å². The van der Waals surface area contributed by atoms with E-state index in [1.54, 1.807) is 6.07 Å². The van der Waals surface area contributed by atoms with Gasteiger partial charge in [0.05, 0.1) is 15.1 Å². The van der Waals surface area contributed by atoms with E-state index >= 15 is 0 Å². The molecule has 0 fully saturated rings. The first-order valence-electron chi connectivity index (χ1n) is 5.62. The van der Waals surface area contributed by atoms with Gasteiger partial charge in [-0.15, -0.1) is 0 Å². The summed E-state index contributed by atoms with van der Waals surface area (Å²) in [5, 5.41) is 1.77. The van der Waals surface area contributed by atoms with Crippen molar-refractivity contribution in [2.24, 2.45) is 5.73 Å². The van der Waals surface area contributed by atoms with Crippen molar-refractivity contribution >= 4 is 50.7 Å². The highest BCUT2D eigenvalue weighted by atomic mass is 79.9.